The van der Waals surface area contributed by atoms with E-state index in [2.05, 4.69) is 26.0 Å². The lowest BCUT2D eigenvalue weighted by atomic mass is 10.2. The van der Waals surface area contributed by atoms with Crippen LogP contribution >= 0.6 is 27.3 Å². The third-order valence-corrected chi connectivity index (χ3v) is 10.4. The summed E-state index contributed by atoms with van der Waals surface area (Å²) >= 11 is 4.72. The Hall–Kier alpha value is -3.71. The average molecular weight is 696 g/mol. The minimum Gasteiger partial charge on any atom is -0.463 e. The highest BCUT2D eigenvalue weighted by Crippen LogP contribution is 2.32. The number of benzene rings is 3. The highest BCUT2D eigenvalue weighted by Gasteiger charge is 2.26. The Bertz CT molecular complexity index is 1980. The van der Waals surface area contributed by atoms with E-state index in [1.807, 2.05) is 32.0 Å². The Balaban J connectivity index is 1.50. The quantitative estimate of drug-likeness (QED) is 0.0991. The van der Waals surface area contributed by atoms with Crippen molar-refractivity contribution in [2.75, 3.05) is 18.1 Å². The fourth-order valence-corrected chi connectivity index (χ4v) is 7.52. The van der Waals surface area contributed by atoms with Crippen LogP contribution < -0.4 is 10.4 Å². The van der Waals surface area contributed by atoms with Gasteiger partial charge in [0.15, 0.2) is 0 Å². The number of para-hydroxylation sites is 1. The lowest BCUT2D eigenvalue weighted by Gasteiger charge is -2.22. The summed E-state index contributed by atoms with van der Waals surface area (Å²) in [5.74, 6) is -0.540. The van der Waals surface area contributed by atoms with E-state index in [0.717, 1.165) is 39.9 Å². The maximum atomic E-state index is 13.9. The molecule has 12 heteroatoms. The van der Waals surface area contributed by atoms with Gasteiger partial charge in [-0.2, -0.15) is 14.4 Å². The van der Waals surface area contributed by atoms with Gasteiger partial charge >= 0.3 is 0 Å². The van der Waals surface area contributed by atoms with Gasteiger partial charge in [-0.1, -0.05) is 66.1 Å². The smallest absolute Gasteiger partial charge is 0.280 e. The van der Waals surface area contributed by atoms with Gasteiger partial charge in [0.25, 0.3) is 5.91 Å². The first-order valence-electron chi connectivity index (χ1n) is 14.3. The van der Waals surface area contributed by atoms with Crippen LogP contribution in [0.2, 0.25) is 0 Å². The van der Waals surface area contributed by atoms with E-state index in [9.17, 15) is 18.0 Å². The summed E-state index contributed by atoms with van der Waals surface area (Å²) in [6.45, 7) is 4.93. The molecule has 5 rings (SSSR count). The second-order valence-electron chi connectivity index (χ2n) is 10.1. The number of anilines is 1. The second-order valence-corrected chi connectivity index (χ2v) is 14.0. The zero-order valence-electron chi connectivity index (χ0n) is 24.3. The number of halogens is 1. The van der Waals surface area contributed by atoms with Crippen LogP contribution in [0.15, 0.2) is 96.7 Å². The molecule has 0 spiro atoms. The lowest BCUT2D eigenvalue weighted by molar-refractivity contribution is 0.0987. The van der Waals surface area contributed by atoms with Crippen LogP contribution in [-0.2, 0) is 10.0 Å². The first kappa shape index (κ1) is 31.7. The van der Waals surface area contributed by atoms with Crippen LogP contribution in [-0.4, -0.2) is 42.9 Å². The highest BCUT2D eigenvalue weighted by atomic mass is 79.9. The topological polar surface area (TPSA) is 113 Å². The predicted octanol–water partition coefficient (Wildman–Crippen LogP) is 7.44. The Labute approximate surface area is 268 Å². The lowest BCUT2D eigenvalue weighted by Crippen LogP contribution is -2.33. The zero-order chi connectivity index (χ0) is 31.3. The SMILES string of the molecule is CCCCN(CCCC)S(=O)(=O)c1ccc(C(=O)N(/N=C/c2coc3ccccc3c2=O)c2nc3ccc(Br)cc3s2)cc1. The number of thiazole rings is 1. The molecule has 0 fully saturated rings. The number of unbranched alkanes of at least 4 members (excludes halogenated alkanes) is 2. The molecule has 0 atom stereocenters. The monoisotopic (exact) mass is 694 g/mol. The predicted molar refractivity (Wildman–Crippen MR) is 179 cm³/mol. The number of rotatable bonds is 12. The van der Waals surface area contributed by atoms with Gasteiger partial charge in [0.05, 0.1) is 32.3 Å². The van der Waals surface area contributed by atoms with Crippen LogP contribution in [0.1, 0.15) is 55.5 Å². The number of aromatic nitrogens is 1. The molecule has 0 bridgehead atoms. The number of carbonyl (C=O) groups excluding carboxylic acids is 1. The van der Waals surface area contributed by atoms with Crippen molar-refractivity contribution in [1.82, 2.24) is 9.29 Å². The van der Waals surface area contributed by atoms with Crippen molar-refractivity contribution < 1.29 is 17.6 Å². The number of nitrogens with zero attached hydrogens (tertiary/aromatic N) is 4. The molecule has 0 radical (unpaired) electrons. The number of hydrogen-bond donors (Lipinski definition) is 0. The van der Waals surface area contributed by atoms with Gasteiger partial charge in [0.2, 0.25) is 20.6 Å². The van der Waals surface area contributed by atoms with Crippen molar-refractivity contribution in [3.05, 3.63) is 98.8 Å². The summed E-state index contributed by atoms with van der Waals surface area (Å²) in [6, 6.07) is 18.3. The van der Waals surface area contributed by atoms with Crippen LogP contribution in [0.3, 0.4) is 0 Å². The maximum Gasteiger partial charge on any atom is 0.280 e. The molecular formula is C32H31BrN4O5S2. The van der Waals surface area contributed by atoms with Crippen molar-refractivity contribution in [3.8, 4) is 0 Å². The Morgan fingerprint density at radius 3 is 2.43 bits per heavy atom. The summed E-state index contributed by atoms with van der Waals surface area (Å²) < 4.78 is 35.7. The fraction of sp³-hybridized carbons (Fsp3) is 0.250. The Morgan fingerprint density at radius 2 is 1.73 bits per heavy atom. The summed E-state index contributed by atoms with van der Waals surface area (Å²) in [6.07, 6.45) is 5.87. The molecular weight excluding hydrogens is 664 g/mol. The Kier molecular flexibility index (Phi) is 10.0. The van der Waals surface area contributed by atoms with Gasteiger partial charge in [-0.15, -0.1) is 0 Å². The molecule has 0 aliphatic carbocycles. The van der Waals surface area contributed by atoms with E-state index in [-0.39, 0.29) is 26.6 Å². The van der Waals surface area contributed by atoms with E-state index in [1.54, 1.807) is 24.3 Å². The van der Waals surface area contributed by atoms with E-state index in [0.29, 0.717) is 29.6 Å². The third-order valence-electron chi connectivity index (χ3n) is 6.99. The molecule has 0 N–H and O–H groups in total. The molecule has 2 heterocycles. The first-order chi connectivity index (χ1) is 21.2. The van der Waals surface area contributed by atoms with Gasteiger partial charge in [-0.05, 0) is 67.4 Å². The van der Waals surface area contributed by atoms with E-state index in [1.165, 1.54) is 52.4 Å². The van der Waals surface area contributed by atoms with Crippen molar-refractivity contribution in [2.24, 2.45) is 5.10 Å². The van der Waals surface area contributed by atoms with E-state index < -0.39 is 15.9 Å². The van der Waals surface area contributed by atoms with E-state index in [4.69, 9.17) is 4.42 Å². The molecule has 9 nitrogen and oxygen atoms in total. The van der Waals surface area contributed by atoms with Gasteiger partial charge in [0.1, 0.15) is 11.8 Å². The number of hydrazone groups is 1. The minimum atomic E-state index is -3.73. The molecule has 1 amide bonds. The fourth-order valence-electron chi connectivity index (χ4n) is 4.53. The molecule has 0 aliphatic heterocycles. The van der Waals surface area contributed by atoms with Crippen LogP contribution in [0.4, 0.5) is 5.13 Å². The van der Waals surface area contributed by atoms with Crippen LogP contribution in [0.5, 0.6) is 0 Å². The molecule has 0 unspecified atom stereocenters. The largest absolute Gasteiger partial charge is 0.463 e. The number of fused-ring (bicyclic) bond motifs is 2. The summed E-state index contributed by atoms with van der Waals surface area (Å²) in [4.78, 5) is 31.7. The van der Waals surface area contributed by atoms with Gasteiger partial charge in [-0.25, -0.2) is 13.4 Å². The number of amides is 1. The zero-order valence-corrected chi connectivity index (χ0v) is 27.5. The van der Waals surface area contributed by atoms with Crippen LogP contribution in [0.25, 0.3) is 21.2 Å². The van der Waals surface area contributed by atoms with Crippen molar-refractivity contribution in [3.63, 3.8) is 0 Å². The van der Waals surface area contributed by atoms with Gasteiger partial charge in [0, 0.05) is 23.1 Å². The van der Waals surface area contributed by atoms with E-state index >= 15 is 0 Å². The summed E-state index contributed by atoms with van der Waals surface area (Å²) in [5, 5.41) is 6.19. The molecule has 2 aromatic heterocycles. The standard InChI is InChI=1S/C32H31BrN4O5S2/c1-3-5-17-36(18-6-4-2)44(40,41)25-14-11-22(12-15-25)31(39)37(32-35-27-16-13-24(33)19-29(27)43-32)34-20-23-21-42-28-10-8-7-9-26(28)30(23)38/h7-16,19-21H,3-6,17-18H2,1-2H3/b34-20+. The molecule has 228 valence electrons. The van der Waals surface area contributed by atoms with Crippen molar-refractivity contribution in [2.45, 2.75) is 44.4 Å². The average Bonchev–Trinajstić information content (AvgIpc) is 3.45. The highest BCUT2D eigenvalue weighted by molar-refractivity contribution is 9.10. The molecule has 5 aromatic rings. The normalized spacial score (nSPS) is 12.1. The Morgan fingerprint density at radius 1 is 1.02 bits per heavy atom. The summed E-state index contributed by atoms with van der Waals surface area (Å²) in [5.41, 5.74) is 1.19. The molecule has 0 aliphatic rings. The number of sulfonamides is 1. The first-order valence-corrected chi connectivity index (χ1v) is 17.3. The molecule has 44 heavy (non-hydrogen) atoms. The minimum absolute atomic E-state index is 0.120. The summed E-state index contributed by atoms with van der Waals surface area (Å²) in [7, 11) is -3.73. The third kappa shape index (κ3) is 6.83. The number of hydrogen-bond acceptors (Lipinski definition) is 8. The van der Waals surface area contributed by atoms with Crippen molar-refractivity contribution >= 4 is 75.7 Å². The van der Waals surface area contributed by atoms with Gasteiger partial charge < -0.3 is 4.42 Å². The number of carbonyl (C=O) groups is 1. The molecule has 0 saturated heterocycles. The maximum absolute atomic E-state index is 13.9. The van der Waals surface area contributed by atoms with Crippen LogP contribution in [0, 0.1) is 0 Å². The second kappa shape index (κ2) is 13.9. The molecule has 3 aromatic carbocycles. The van der Waals surface area contributed by atoms with Crippen molar-refractivity contribution in [1.29, 1.82) is 0 Å². The molecule has 0 saturated carbocycles. The van der Waals surface area contributed by atoms with Gasteiger partial charge in [-0.3, -0.25) is 9.59 Å².